The molecule has 0 saturated heterocycles. The van der Waals surface area contributed by atoms with Gasteiger partial charge in [-0.2, -0.15) is 0 Å². The first kappa shape index (κ1) is 18.3. The van der Waals surface area contributed by atoms with E-state index in [0.717, 1.165) is 40.8 Å². The van der Waals surface area contributed by atoms with E-state index in [1.807, 2.05) is 29.6 Å². The molecule has 140 valence electrons. The molecule has 1 aliphatic heterocycles. The van der Waals surface area contributed by atoms with E-state index in [-0.39, 0.29) is 11.9 Å². The van der Waals surface area contributed by atoms with Crippen molar-refractivity contribution in [2.75, 3.05) is 5.75 Å². The zero-order valence-corrected chi connectivity index (χ0v) is 16.6. The van der Waals surface area contributed by atoms with E-state index in [0.29, 0.717) is 5.75 Å². The Morgan fingerprint density at radius 2 is 2.04 bits per heavy atom. The lowest BCUT2D eigenvalue weighted by atomic mass is 10.1. The second-order valence-corrected chi connectivity index (χ2v) is 8.50. The molecule has 27 heavy (non-hydrogen) atoms. The van der Waals surface area contributed by atoms with Crippen molar-refractivity contribution in [1.29, 1.82) is 0 Å². The van der Waals surface area contributed by atoms with Gasteiger partial charge in [-0.15, -0.1) is 21.5 Å². The Morgan fingerprint density at radius 1 is 1.15 bits per heavy atom. The summed E-state index contributed by atoms with van der Waals surface area (Å²) in [6, 6.07) is 14.1. The quantitative estimate of drug-likeness (QED) is 0.636. The highest BCUT2D eigenvalue weighted by atomic mass is 32.2. The van der Waals surface area contributed by atoms with Gasteiger partial charge in [-0.3, -0.25) is 4.79 Å². The number of carbonyl (C=O) groups excluding carboxylic acids is 1. The summed E-state index contributed by atoms with van der Waals surface area (Å²) in [7, 11) is 0. The first-order valence-electron chi connectivity index (χ1n) is 9.24. The number of aromatic nitrogens is 3. The Bertz CT molecular complexity index is 877. The molecule has 0 spiro atoms. The number of amides is 1. The summed E-state index contributed by atoms with van der Waals surface area (Å²) in [4.78, 5) is 13.8. The fraction of sp³-hybridized carbons (Fsp3) is 0.350. The van der Waals surface area contributed by atoms with Crippen LogP contribution in [0.5, 0.6) is 0 Å². The number of benzene rings is 1. The normalized spacial score (nSPS) is 15.0. The van der Waals surface area contributed by atoms with Gasteiger partial charge in [0.05, 0.1) is 11.8 Å². The minimum atomic E-state index is -0.116. The fourth-order valence-corrected chi connectivity index (χ4v) is 4.91. The van der Waals surface area contributed by atoms with Crippen LogP contribution >= 0.6 is 23.1 Å². The lowest BCUT2D eigenvalue weighted by Gasteiger charge is -2.18. The van der Waals surface area contributed by atoms with Gasteiger partial charge in [-0.25, -0.2) is 0 Å². The van der Waals surface area contributed by atoms with Crippen molar-refractivity contribution in [3.8, 4) is 0 Å². The summed E-state index contributed by atoms with van der Waals surface area (Å²) in [5, 5.41) is 14.7. The van der Waals surface area contributed by atoms with Crippen LogP contribution in [0.15, 0.2) is 53.0 Å². The van der Waals surface area contributed by atoms with E-state index in [1.165, 1.54) is 24.6 Å². The maximum absolute atomic E-state index is 12.7. The second kappa shape index (κ2) is 8.71. The molecule has 0 saturated carbocycles. The zero-order valence-electron chi connectivity index (χ0n) is 15.0. The van der Waals surface area contributed by atoms with E-state index < -0.39 is 0 Å². The number of nitrogens with one attached hydrogen (secondary N) is 1. The number of rotatable bonds is 6. The summed E-state index contributed by atoms with van der Waals surface area (Å²) in [6.45, 7) is 0.953. The largest absolute Gasteiger partial charge is 0.344 e. The molecule has 0 fully saturated rings. The number of carbonyl (C=O) groups is 1. The number of nitrogens with zero attached hydrogens (tertiary/aromatic N) is 3. The van der Waals surface area contributed by atoms with Crippen LogP contribution < -0.4 is 5.32 Å². The first-order chi connectivity index (χ1) is 13.3. The third-order valence-electron chi connectivity index (χ3n) is 4.67. The molecule has 1 aliphatic rings. The summed E-state index contributed by atoms with van der Waals surface area (Å²) in [5.74, 6) is 1.40. The summed E-state index contributed by atoms with van der Waals surface area (Å²) in [5.41, 5.74) is 1.09. The summed E-state index contributed by atoms with van der Waals surface area (Å²) < 4.78 is 2.18. The predicted molar refractivity (Wildman–Crippen MR) is 109 cm³/mol. The van der Waals surface area contributed by atoms with Crippen LogP contribution in [0.25, 0.3) is 0 Å². The maximum atomic E-state index is 12.7. The van der Waals surface area contributed by atoms with Gasteiger partial charge in [0.1, 0.15) is 5.82 Å². The van der Waals surface area contributed by atoms with Crippen molar-refractivity contribution in [1.82, 2.24) is 20.1 Å². The highest BCUT2D eigenvalue weighted by Gasteiger charge is 2.20. The van der Waals surface area contributed by atoms with E-state index in [2.05, 4.69) is 38.3 Å². The van der Waals surface area contributed by atoms with Crippen LogP contribution in [-0.4, -0.2) is 26.4 Å². The average Bonchev–Trinajstić information content (AvgIpc) is 3.30. The Morgan fingerprint density at radius 3 is 2.85 bits per heavy atom. The van der Waals surface area contributed by atoms with Gasteiger partial charge in [-0.1, -0.05) is 54.6 Å². The summed E-state index contributed by atoms with van der Waals surface area (Å²) in [6.07, 6.45) is 4.53. The molecule has 4 rings (SSSR count). The monoisotopic (exact) mass is 398 g/mol. The molecule has 3 aromatic rings. The van der Waals surface area contributed by atoms with Gasteiger partial charge in [-0.05, 0) is 29.9 Å². The molecule has 1 atom stereocenters. The lowest BCUT2D eigenvalue weighted by molar-refractivity contribution is -0.119. The molecule has 5 nitrogen and oxygen atoms in total. The molecule has 0 radical (unpaired) electrons. The number of thiophene rings is 1. The SMILES string of the molecule is O=C(CSc1nnc2n1CCCCC2)N[C@@H](c1ccccc1)c1cccs1. The van der Waals surface area contributed by atoms with E-state index in [9.17, 15) is 4.79 Å². The van der Waals surface area contributed by atoms with Crippen molar-refractivity contribution in [3.63, 3.8) is 0 Å². The highest BCUT2D eigenvalue weighted by Crippen LogP contribution is 2.27. The predicted octanol–water partition coefficient (Wildman–Crippen LogP) is 4.06. The standard InChI is InChI=1S/C20H22N4OS2/c25-18(14-27-20-23-22-17-11-5-2-6-12-24(17)20)21-19(16-10-7-13-26-16)15-8-3-1-4-9-15/h1,3-4,7-10,13,19H,2,5-6,11-12,14H2,(H,21,25)/t19-/m0/s1. The molecule has 1 N–H and O–H groups in total. The van der Waals surface area contributed by atoms with Crippen LogP contribution in [0.3, 0.4) is 0 Å². The van der Waals surface area contributed by atoms with Gasteiger partial charge < -0.3 is 9.88 Å². The van der Waals surface area contributed by atoms with E-state index in [1.54, 1.807) is 11.3 Å². The van der Waals surface area contributed by atoms with Gasteiger partial charge in [0.15, 0.2) is 5.16 Å². The van der Waals surface area contributed by atoms with Gasteiger partial charge in [0.2, 0.25) is 5.91 Å². The minimum Gasteiger partial charge on any atom is -0.344 e. The molecule has 1 amide bonds. The Balaban J connectivity index is 1.43. The fourth-order valence-electron chi connectivity index (χ4n) is 3.32. The van der Waals surface area contributed by atoms with Crippen LogP contribution in [0.2, 0.25) is 0 Å². The maximum Gasteiger partial charge on any atom is 0.231 e. The molecule has 3 heterocycles. The van der Waals surface area contributed by atoms with E-state index in [4.69, 9.17) is 0 Å². The third-order valence-corrected chi connectivity index (χ3v) is 6.58. The Kier molecular flexibility index (Phi) is 5.89. The third kappa shape index (κ3) is 4.42. The van der Waals surface area contributed by atoms with Crippen LogP contribution in [-0.2, 0) is 17.8 Å². The number of hydrogen-bond donors (Lipinski definition) is 1. The summed E-state index contributed by atoms with van der Waals surface area (Å²) >= 11 is 3.13. The second-order valence-electron chi connectivity index (χ2n) is 6.58. The van der Waals surface area contributed by atoms with Crippen molar-refractivity contribution in [3.05, 3.63) is 64.1 Å². The van der Waals surface area contributed by atoms with Crippen molar-refractivity contribution < 1.29 is 4.79 Å². The van der Waals surface area contributed by atoms with Gasteiger partial charge in [0, 0.05) is 17.8 Å². The van der Waals surface area contributed by atoms with Crippen molar-refractivity contribution in [2.45, 2.75) is 43.4 Å². The first-order valence-corrected chi connectivity index (χ1v) is 11.1. The number of thioether (sulfide) groups is 1. The molecule has 2 aromatic heterocycles. The topological polar surface area (TPSA) is 59.8 Å². The number of aryl methyl sites for hydroxylation is 1. The zero-order chi connectivity index (χ0) is 18.5. The van der Waals surface area contributed by atoms with Crippen molar-refractivity contribution >= 4 is 29.0 Å². The molecule has 7 heteroatoms. The molecular formula is C20H22N4OS2. The van der Waals surface area contributed by atoms with Gasteiger partial charge in [0.25, 0.3) is 0 Å². The minimum absolute atomic E-state index is 0.00762. The molecular weight excluding hydrogens is 376 g/mol. The van der Waals surface area contributed by atoms with E-state index >= 15 is 0 Å². The van der Waals surface area contributed by atoms with Crippen LogP contribution in [0, 0.1) is 0 Å². The molecule has 0 bridgehead atoms. The number of fused-ring (bicyclic) bond motifs is 1. The molecule has 0 unspecified atom stereocenters. The highest BCUT2D eigenvalue weighted by molar-refractivity contribution is 7.99. The Hall–Kier alpha value is -2.12. The molecule has 1 aromatic carbocycles. The van der Waals surface area contributed by atoms with Crippen LogP contribution in [0.4, 0.5) is 0 Å². The van der Waals surface area contributed by atoms with Gasteiger partial charge >= 0.3 is 0 Å². The molecule has 0 aliphatic carbocycles. The van der Waals surface area contributed by atoms with Crippen molar-refractivity contribution in [2.24, 2.45) is 0 Å². The Labute approximate surface area is 167 Å². The average molecular weight is 399 g/mol. The lowest BCUT2D eigenvalue weighted by Crippen LogP contribution is -2.30. The smallest absolute Gasteiger partial charge is 0.231 e. The van der Waals surface area contributed by atoms with Crippen LogP contribution in [0.1, 0.15) is 41.6 Å². The number of hydrogen-bond acceptors (Lipinski definition) is 5.